The zero-order valence-corrected chi connectivity index (χ0v) is 18.2. The predicted molar refractivity (Wildman–Crippen MR) is 117 cm³/mol. The Labute approximate surface area is 165 Å². The second-order valence-electron chi connectivity index (χ2n) is 7.45. The number of halogens is 1. The minimum absolute atomic E-state index is 0.314. The van der Waals surface area contributed by atoms with Crippen molar-refractivity contribution in [3.05, 3.63) is 60.7 Å². The van der Waals surface area contributed by atoms with E-state index in [0.29, 0.717) is 18.9 Å². The average Bonchev–Trinajstić information content (AvgIpc) is 2.62. The molecule has 1 atom stereocenters. The van der Waals surface area contributed by atoms with Gasteiger partial charge in [-0.1, -0.05) is 0 Å². The standard InChI is InChI=1S/C21H29BrNO2P/c1-17(2)16-20(23)21(24)25-14-15-26(3,22,18-10-6-4-7-11-18)19-12-8-5-9-13-19/h4-13,17,20H,14-16,23H2,1-3H3/t20-/m0/s1. The number of hydrogen-bond donors (Lipinski definition) is 1. The Morgan fingerprint density at radius 1 is 1.04 bits per heavy atom. The van der Waals surface area contributed by atoms with Crippen molar-refractivity contribution in [1.82, 2.24) is 0 Å². The number of ether oxygens (including phenoxy) is 1. The van der Waals surface area contributed by atoms with Crippen LogP contribution in [-0.2, 0) is 9.53 Å². The Morgan fingerprint density at radius 2 is 1.50 bits per heavy atom. The van der Waals surface area contributed by atoms with Crippen LogP contribution >= 0.6 is 20.8 Å². The third kappa shape index (κ3) is 4.94. The Balaban J connectivity index is 2.21. The molecule has 0 saturated carbocycles. The molecule has 0 aliphatic carbocycles. The molecule has 0 aromatic heterocycles. The molecule has 26 heavy (non-hydrogen) atoms. The van der Waals surface area contributed by atoms with E-state index in [1.165, 1.54) is 10.6 Å². The van der Waals surface area contributed by atoms with E-state index >= 15 is 0 Å². The number of carbonyl (C=O) groups excluding carboxylic acids is 1. The van der Waals surface area contributed by atoms with Crippen molar-refractivity contribution in [1.29, 1.82) is 0 Å². The first-order valence-electron chi connectivity index (χ1n) is 8.99. The summed E-state index contributed by atoms with van der Waals surface area (Å²) in [6.07, 6.45) is 1.36. The van der Waals surface area contributed by atoms with Crippen molar-refractivity contribution >= 4 is 37.4 Å². The van der Waals surface area contributed by atoms with Crippen LogP contribution in [0.1, 0.15) is 20.3 Å². The van der Waals surface area contributed by atoms with Crippen LogP contribution < -0.4 is 16.3 Å². The second-order valence-corrected chi connectivity index (χ2v) is 18.0. The van der Waals surface area contributed by atoms with Gasteiger partial charge in [0, 0.05) is 0 Å². The Morgan fingerprint density at radius 3 is 1.92 bits per heavy atom. The van der Waals surface area contributed by atoms with Gasteiger partial charge in [-0.05, 0) is 0 Å². The first-order chi connectivity index (χ1) is 12.2. The summed E-state index contributed by atoms with van der Waals surface area (Å²) >= 11 is 4.14. The van der Waals surface area contributed by atoms with Gasteiger partial charge in [-0.25, -0.2) is 0 Å². The third-order valence-corrected chi connectivity index (χ3v) is 12.8. The van der Waals surface area contributed by atoms with Gasteiger partial charge in [0.15, 0.2) is 0 Å². The van der Waals surface area contributed by atoms with Crippen molar-refractivity contribution in [3.8, 4) is 0 Å². The summed E-state index contributed by atoms with van der Waals surface area (Å²) in [6.45, 7) is 6.70. The minimum atomic E-state index is -2.64. The molecule has 142 valence electrons. The summed E-state index contributed by atoms with van der Waals surface area (Å²) in [5.74, 6) is 0.0543. The van der Waals surface area contributed by atoms with Gasteiger partial charge in [0.2, 0.25) is 0 Å². The summed E-state index contributed by atoms with van der Waals surface area (Å²) in [4.78, 5) is 12.2. The molecular weight excluding hydrogens is 409 g/mol. The van der Waals surface area contributed by atoms with Gasteiger partial charge in [0.05, 0.1) is 0 Å². The first kappa shape index (κ1) is 21.1. The van der Waals surface area contributed by atoms with E-state index in [2.05, 4.69) is 84.5 Å². The Hall–Kier alpha value is -1.22. The second kappa shape index (κ2) is 8.65. The number of carbonyl (C=O) groups is 1. The summed E-state index contributed by atoms with van der Waals surface area (Å²) < 4.78 is 5.55. The Bertz CT molecular complexity index is 676. The summed E-state index contributed by atoms with van der Waals surface area (Å²) in [5.41, 5.74) is 5.95. The molecule has 5 heteroatoms. The van der Waals surface area contributed by atoms with Crippen molar-refractivity contribution in [2.45, 2.75) is 26.3 Å². The van der Waals surface area contributed by atoms with Gasteiger partial charge in [-0.3, -0.25) is 0 Å². The number of hydrogen-bond acceptors (Lipinski definition) is 3. The molecular formula is C21H29BrNO2P. The molecule has 0 bridgehead atoms. The Kier molecular flexibility index (Phi) is 7.01. The maximum absolute atomic E-state index is 12.2. The average molecular weight is 438 g/mol. The van der Waals surface area contributed by atoms with Crippen LogP contribution in [0, 0.1) is 5.92 Å². The third-order valence-electron chi connectivity index (χ3n) is 4.74. The van der Waals surface area contributed by atoms with E-state index in [0.717, 1.165) is 6.16 Å². The van der Waals surface area contributed by atoms with Crippen molar-refractivity contribution in [2.75, 3.05) is 19.4 Å². The number of esters is 1. The molecule has 0 unspecified atom stereocenters. The van der Waals surface area contributed by atoms with E-state index in [4.69, 9.17) is 10.5 Å². The van der Waals surface area contributed by atoms with Gasteiger partial charge < -0.3 is 0 Å². The van der Waals surface area contributed by atoms with Crippen LogP contribution in [-0.4, -0.2) is 31.4 Å². The van der Waals surface area contributed by atoms with Crippen molar-refractivity contribution in [2.24, 2.45) is 11.7 Å². The fraction of sp³-hybridized carbons (Fsp3) is 0.381. The first-order valence-corrected chi connectivity index (χ1v) is 13.9. The monoisotopic (exact) mass is 437 g/mol. The van der Waals surface area contributed by atoms with Crippen LogP contribution in [0.15, 0.2) is 60.7 Å². The summed E-state index contributed by atoms with van der Waals surface area (Å²) in [7, 11) is 0. The van der Waals surface area contributed by atoms with E-state index in [9.17, 15) is 4.79 Å². The quantitative estimate of drug-likeness (QED) is 0.500. The predicted octanol–water partition coefficient (Wildman–Crippen LogP) is 4.05. The molecule has 0 radical (unpaired) electrons. The van der Waals surface area contributed by atoms with Crippen molar-refractivity contribution < 1.29 is 9.53 Å². The van der Waals surface area contributed by atoms with E-state index < -0.39 is 11.3 Å². The van der Waals surface area contributed by atoms with Gasteiger partial charge in [0.25, 0.3) is 0 Å². The van der Waals surface area contributed by atoms with E-state index in [1.807, 2.05) is 12.1 Å². The van der Waals surface area contributed by atoms with Crippen molar-refractivity contribution in [3.63, 3.8) is 0 Å². The molecule has 0 saturated heterocycles. The van der Waals surface area contributed by atoms with E-state index in [1.54, 1.807) is 0 Å². The van der Waals surface area contributed by atoms with Gasteiger partial charge in [-0.15, -0.1) is 0 Å². The zero-order valence-electron chi connectivity index (χ0n) is 15.8. The fourth-order valence-electron chi connectivity index (χ4n) is 3.11. The molecule has 0 fully saturated rings. The summed E-state index contributed by atoms with van der Waals surface area (Å²) in [5, 5.41) is -0.150. The molecule has 3 nitrogen and oxygen atoms in total. The number of nitrogens with two attached hydrogens (primary N) is 1. The van der Waals surface area contributed by atoms with Crippen LogP contribution in [0.25, 0.3) is 0 Å². The zero-order chi connectivity index (χ0) is 19.2. The SMILES string of the molecule is CC(C)C[C@H](N)C(=O)OCCP(C)(Br)(c1ccccc1)c1ccccc1. The molecule has 2 rings (SSSR count). The number of rotatable bonds is 8. The summed E-state index contributed by atoms with van der Waals surface area (Å²) in [6, 6.07) is 20.3. The van der Waals surface area contributed by atoms with Gasteiger partial charge >= 0.3 is 165 Å². The number of benzene rings is 2. The molecule has 0 amide bonds. The van der Waals surface area contributed by atoms with Crippen LogP contribution in [0.5, 0.6) is 0 Å². The normalized spacial score (nSPS) is 14.5. The maximum atomic E-state index is 12.2. The molecule has 0 aliphatic heterocycles. The van der Waals surface area contributed by atoms with Crippen LogP contribution in [0.2, 0.25) is 0 Å². The molecule has 0 heterocycles. The molecule has 0 aliphatic rings. The van der Waals surface area contributed by atoms with E-state index in [-0.39, 0.29) is 5.97 Å². The molecule has 2 N–H and O–H groups in total. The van der Waals surface area contributed by atoms with Gasteiger partial charge in [0.1, 0.15) is 0 Å². The van der Waals surface area contributed by atoms with Gasteiger partial charge in [-0.2, -0.15) is 0 Å². The topological polar surface area (TPSA) is 52.3 Å². The fourth-order valence-corrected chi connectivity index (χ4v) is 8.19. The molecule has 0 spiro atoms. The molecule has 2 aromatic rings. The van der Waals surface area contributed by atoms with Crippen LogP contribution in [0.3, 0.4) is 0 Å². The molecule has 2 aromatic carbocycles. The van der Waals surface area contributed by atoms with Crippen LogP contribution in [0.4, 0.5) is 0 Å².